The van der Waals surface area contributed by atoms with E-state index in [4.69, 9.17) is 0 Å². The van der Waals surface area contributed by atoms with Crippen LogP contribution in [-0.2, 0) is 0 Å². The quantitative estimate of drug-likeness (QED) is 0.594. The summed E-state index contributed by atoms with van der Waals surface area (Å²) in [5.41, 5.74) is 1.71. The lowest BCUT2D eigenvalue weighted by atomic mass is 10.1. The van der Waals surface area contributed by atoms with Gasteiger partial charge in [-0.1, -0.05) is 24.3 Å². The Morgan fingerprint density at radius 2 is 2.20 bits per heavy atom. The number of ketones is 1. The Bertz CT molecular complexity index is 463. The van der Waals surface area contributed by atoms with Gasteiger partial charge in [0.2, 0.25) is 0 Å². The van der Waals surface area contributed by atoms with E-state index in [0.29, 0.717) is 12.1 Å². The molecule has 0 fully saturated rings. The van der Waals surface area contributed by atoms with Crippen LogP contribution < -0.4 is 0 Å². The smallest absolute Gasteiger partial charge is 0.179 e. The summed E-state index contributed by atoms with van der Waals surface area (Å²) in [7, 11) is 0. The Kier molecular flexibility index (Phi) is 2.68. The van der Waals surface area contributed by atoms with Crippen molar-refractivity contribution in [3.05, 3.63) is 48.7 Å². The van der Waals surface area contributed by atoms with E-state index in [-0.39, 0.29) is 5.78 Å². The van der Waals surface area contributed by atoms with E-state index in [0.717, 1.165) is 17.3 Å². The molecule has 0 unspecified atom stereocenters. The summed E-state index contributed by atoms with van der Waals surface area (Å²) in [4.78, 5) is 14.8. The molecule has 1 aromatic heterocycles. The molecule has 0 bridgehead atoms. The second kappa shape index (κ2) is 4.13. The van der Waals surface area contributed by atoms with E-state index in [2.05, 4.69) is 11.6 Å². The lowest BCUT2D eigenvalue weighted by Crippen LogP contribution is -1.97. The van der Waals surface area contributed by atoms with Crippen molar-refractivity contribution in [1.29, 1.82) is 0 Å². The Labute approximate surface area is 88.6 Å². The lowest BCUT2D eigenvalue weighted by Gasteiger charge is -1.93. The fourth-order valence-corrected chi connectivity index (χ4v) is 1.59. The average molecular weight is 199 g/mol. The van der Waals surface area contributed by atoms with Crippen molar-refractivity contribution in [2.24, 2.45) is 0 Å². The number of aromatic amines is 1. The Morgan fingerprint density at radius 1 is 1.40 bits per heavy atom. The summed E-state index contributed by atoms with van der Waals surface area (Å²) < 4.78 is 0. The topological polar surface area (TPSA) is 32.9 Å². The van der Waals surface area contributed by atoms with Gasteiger partial charge in [-0.25, -0.2) is 0 Å². The lowest BCUT2D eigenvalue weighted by molar-refractivity contribution is 0.0979. The monoisotopic (exact) mass is 199 g/mol. The highest BCUT2D eigenvalue weighted by Crippen LogP contribution is 2.16. The van der Waals surface area contributed by atoms with Crippen LogP contribution in [0.4, 0.5) is 0 Å². The van der Waals surface area contributed by atoms with Gasteiger partial charge in [0.1, 0.15) is 0 Å². The second-order valence-electron chi connectivity index (χ2n) is 3.52. The number of Topliss-reactive ketones (excluding diaryl/α,β-unsaturated/α-hetero) is 1. The van der Waals surface area contributed by atoms with E-state index in [1.54, 1.807) is 6.08 Å². The van der Waals surface area contributed by atoms with Crippen molar-refractivity contribution in [3.8, 4) is 0 Å². The first kappa shape index (κ1) is 9.71. The molecule has 1 heterocycles. The molecule has 2 aromatic rings. The number of para-hydroxylation sites is 1. The maximum Gasteiger partial charge on any atom is 0.179 e. The van der Waals surface area contributed by atoms with Crippen LogP contribution in [0.15, 0.2) is 43.0 Å². The van der Waals surface area contributed by atoms with Crippen LogP contribution in [0.25, 0.3) is 10.9 Å². The first-order valence-electron chi connectivity index (χ1n) is 5.03. The van der Waals surface area contributed by atoms with Crippen LogP contribution in [0.3, 0.4) is 0 Å². The predicted molar refractivity (Wildman–Crippen MR) is 62.1 cm³/mol. The highest BCUT2D eigenvalue weighted by Gasteiger charge is 2.07. The maximum absolute atomic E-state index is 11.7. The Morgan fingerprint density at radius 3 is 2.93 bits per heavy atom. The number of allylic oxidation sites excluding steroid dienone is 1. The van der Waals surface area contributed by atoms with E-state index in [1.807, 2.05) is 30.3 Å². The molecular weight excluding hydrogens is 186 g/mol. The van der Waals surface area contributed by atoms with Gasteiger partial charge >= 0.3 is 0 Å². The van der Waals surface area contributed by atoms with Gasteiger partial charge in [0.05, 0.1) is 5.69 Å². The Hall–Kier alpha value is -1.83. The van der Waals surface area contributed by atoms with Gasteiger partial charge in [0.15, 0.2) is 5.78 Å². The second-order valence-corrected chi connectivity index (χ2v) is 3.52. The van der Waals surface area contributed by atoms with Crippen molar-refractivity contribution in [2.45, 2.75) is 12.8 Å². The minimum absolute atomic E-state index is 0.145. The molecule has 0 aliphatic rings. The van der Waals surface area contributed by atoms with Crippen molar-refractivity contribution in [2.75, 3.05) is 0 Å². The zero-order valence-electron chi connectivity index (χ0n) is 8.49. The number of aromatic nitrogens is 1. The van der Waals surface area contributed by atoms with Gasteiger partial charge in [-0.15, -0.1) is 6.58 Å². The van der Waals surface area contributed by atoms with Crippen LogP contribution in [-0.4, -0.2) is 10.8 Å². The molecule has 1 aromatic carbocycles. The SMILES string of the molecule is C=CCCC(=O)c1cc2ccccc2[nH]1. The van der Waals surface area contributed by atoms with Gasteiger partial charge in [0.25, 0.3) is 0 Å². The van der Waals surface area contributed by atoms with Crippen LogP contribution in [0.2, 0.25) is 0 Å². The molecule has 0 saturated heterocycles. The third-order valence-corrected chi connectivity index (χ3v) is 2.41. The largest absolute Gasteiger partial charge is 0.352 e. The highest BCUT2D eigenvalue weighted by atomic mass is 16.1. The predicted octanol–water partition coefficient (Wildman–Crippen LogP) is 3.32. The number of nitrogens with one attached hydrogen (secondary N) is 1. The first-order chi connectivity index (χ1) is 7.31. The number of benzene rings is 1. The van der Waals surface area contributed by atoms with Crippen LogP contribution in [0, 0.1) is 0 Å². The van der Waals surface area contributed by atoms with Crippen LogP contribution in [0.1, 0.15) is 23.3 Å². The number of hydrogen-bond acceptors (Lipinski definition) is 1. The van der Waals surface area contributed by atoms with Crippen molar-refractivity contribution in [1.82, 2.24) is 4.98 Å². The molecule has 0 spiro atoms. The van der Waals surface area contributed by atoms with Crippen molar-refractivity contribution in [3.63, 3.8) is 0 Å². The average Bonchev–Trinajstić information content (AvgIpc) is 2.69. The minimum atomic E-state index is 0.145. The van der Waals surface area contributed by atoms with Crippen molar-refractivity contribution >= 4 is 16.7 Å². The number of rotatable bonds is 4. The normalized spacial score (nSPS) is 10.4. The summed E-state index contributed by atoms with van der Waals surface area (Å²) in [5, 5.41) is 1.08. The summed E-state index contributed by atoms with van der Waals surface area (Å²) in [6.07, 6.45) is 3.02. The summed E-state index contributed by atoms with van der Waals surface area (Å²) in [6.45, 7) is 3.61. The Balaban J connectivity index is 2.28. The fraction of sp³-hybridized carbons (Fsp3) is 0.154. The van der Waals surface area contributed by atoms with Crippen LogP contribution >= 0.6 is 0 Å². The van der Waals surface area contributed by atoms with E-state index >= 15 is 0 Å². The standard InChI is InChI=1S/C13H13NO/c1-2-3-8-13(15)12-9-10-6-4-5-7-11(10)14-12/h2,4-7,9,14H,1,3,8H2. The van der Waals surface area contributed by atoms with Gasteiger partial charge in [-0.05, 0) is 18.6 Å². The zero-order chi connectivity index (χ0) is 10.7. The molecule has 2 heteroatoms. The molecule has 0 amide bonds. The minimum Gasteiger partial charge on any atom is -0.352 e. The summed E-state index contributed by atoms with van der Waals surface area (Å²) in [5.74, 6) is 0.145. The van der Waals surface area contributed by atoms with Gasteiger partial charge in [-0.2, -0.15) is 0 Å². The molecule has 0 aliphatic carbocycles. The summed E-state index contributed by atoms with van der Waals surface area (Å²) in [6, 6.07) is 9.79. The maximum atomic E-state index is 11.7. The highest BCUT2D eigenvalue weighted by molar-refractivity contribution is 5.99. The number of fused-ring (bicyclic) bond motifs is 1. The molecule has 15 heavy (non-hydrogen) atoms. The van der Waals surface area contributed by atoms with Crippen LogP contribution in [0.5, 0.6) is 0 Å². The summed E-state index contributed by atoms with van der Waals surface area (Å²) >= 11 is 0. The van der Waals surface area contributed by atoms with E-state index in [9.17, 15) is 4.79 Å². The molecular formula is C13H13NO. The third-order valence-electron chi connectivity index (χ3n) is 2.41. The molecule has 0 atom stereocenters. The molecule has 2 rings (SSSR count). The molecule has 0 aliphatic heterocycles. The number of carbonyl (C=O) groups excluding carboxylic acids is 1. The van der Waals surface area contributed by atoms with Gasteiger partial charge in [-0.3, -0.25) is 4.79 Å². The molecule has 0 radical (unpaired) electrons. The molecule has 2 nitrogen and oxygen atoms in total. The number of H-pyrrole nitrogens is 1. The first-order valence-corrected chi connectivity index (χ1v) is 5.03. The van der Waals surface area contributed by atoms with Gasteiger partial charge in [0, 0.05) is 17.3 Å². The van der Waals surface area contributed by atoms with Crippen molar-refractivity contribution < 1.29 is 4.79 Å². The number of carbonyl (C=O) groups is 1. The zero-order valence-corrected chi connectivity index (χ0v) is 8.49. The fourth-order valence-electron chi connectivity index (χ4n) is 1.59. The molecule has 0 saturated carbocycles. The van der Waals surface area contributed by atoms with Gasteiger partial charge < -0.3 is 4.98 Å². The van der Waals surface area contributed by atoms with E-state index < -0.39 is 0 Å². The molecule has 76 valence electrons. The van der Waals surface area contributed by atoms with E-state index in [1.165, 1.54) is 0 Å². The number of hydrogen-bond donors (Lipinski definition) is 1. The molecule has 1 N–H and O–H groups in total. The third kappa shape index (κ3) is 1.99.